The van der Waals surface area contributed by atoms with Crippen molar-refractivity contribution in [3.63, 3.8) is 0 Å². The first-order valence-corrected chi connectivity index (χ1v) is 20.4. The van der Waals surface area contributed by atoms with Gasteiger partial charge in [0.05, 0.1) is 34.4 Å². The monoisotopic (exact) mass is 676 g/mol. The van der Waals surface area contributed by atoms with Crippen LogP contribution >= 0.6 is 7.82 Å². The van der Waals surface area contributed by atoms with Crippen LogP contribution in [0.5, 0.6) is 0 Å². The smallest absolute Gasteiger partial charge is 0.305 e. The van der Waals surface area contributed by atoms with Crippen molar-refractivity contribution in [1.82, 2.24) is 0 Å². The molecule has 0 N–H and O–H groups in total. The van der Waals surface area contributed by atoms with E-state index in [-0.39, 0.29) is 26.2 Å². The summed E-state index contributed by atoms with van der Waals surface area (Å²) in [5.74, 6) is -0.420. The maximum atomic E-state index is 12.1. The minimum Gasteiger partial charge on any atom is -0.756 e. The summed E-state index contributed by atoms with van der Waals surface area (Å²) < 4.78 is 33.5. The number of likely N-dealkylation sites (N-methyl/N-ethyl adjacent to an activating group) is 1. The highest BCUT2D eigenvalue weighted by molar-refractivity contribution is 7.45. The van der Waals surface area contributed by atoms with Crippen LogP contribution in [0.15, 0.2) is 12.2 Å². The van der Waals surface area contributed by atoms with Gasteiger partial charge in [0.15, 0.2) is 0 Å². The first-order chi connectivity index (χ1) is 22.1. The fourth-order valence-electron chi connectivity index (χ4n) is 5.10. The molecule has 2 unspecified atom stereocenters. The predicted molar refractivity (Wildman–Crippen MR) is 190 cm³/mol. The predicted octanol–water partition coefficient (Wildman–Crippen LogP) is 9.69. The van der Waals surface area contributed by atoms with Crippen LogP contribution in [0.25, 0.3) is 0 Å². The van der Waals surface area contributed by atoms with Crippen molar-refractivity contribution >= 4 is 13.8 Å². The zero-order valence-electron chi connectivity index (χ0n) is 30.8. The van der Waals surface area contributed by atoms with E-state index in [0.29, 0.717) is 17.6 Å². The van der Waals surface area contributed by atoms with Crippen LogP contribution in [0, 0.1) is 0 Å². The summed E-state index contributed by atoms with van der Waals surface area (Å²) in [7, 11) is 1.35. The van der Waals surface area contributed by atoms with Crippen LogP contribution in [0.3, 0.4) is 0 Å². The number of ether oxygens (including phenoxy) is 2. The van der Waals surface area contributed by atoms with E-state index in [0.717, 1.165) is 12.8 Å². The number of phosphoric acid groups is 1. The molecule has 0 aliphatic heterocycles. The van der Waals surface area contributed by atoms with E-state index >= 15 is 0 Å². The first kappa shape index (κ1) is 45.2. The molecule has 0 saturated carbocycles. The summed E-state index contributed by atoms with van der Waals surface area (Å²) in [6.07, 6.45) is 33.2. The Bertz CT molecular complexity index is 756. The van der Waals surface area contributed by atoms with Gasteiger partial charge in [-0.1, -0.05) is 135 Å². The molecule has 0 amide bonds. The topological polar surface area (TPSA) is 94.1 Å². The zero-order valence-corrected chi connectivity index (χ0v) is 31.7. The van der Waals surface area contributed by atoms with Crippen LogP contribution in [0.4, 0.5) is 0 Å². The summed E-state index contributed by atoms with van der Waals surface area (Å²) in [4.78, 5) is 23.8. The standard InChI is InChI=1S/C37H74NO7P/c1-6-8-9-10-11-12-13-14-15-16-17-18-19-20-21-22-23-24-25-26-27-28-29-30-32-42-34-36(45-37(39)7-2)35-44-46(40,41)43-33-31-38(3,4)5/h16-17,36H,6-15,18-35H2,1-5H3/b17-16-. The largest absolute Gasteiger partial charge is 0.756 e. The summed E-state index contributed by atoms with van der Waals surface area (Å²) in [6, 6.07) is 0. The Kier molecular flexibility index (Phi) is 31.0. The number of phosphoric ester groups is 1. The van der Waals surface area contributed by atoms with Gasteiger partial charge in [0.2, 0.25) is 0 Å². The summed E-state index contributed by atoms with van der Waals surface area (Å²) in [6.45, 7) is 4.84. The van der Waals surface area contributed by atoms with E-state index in [1.54, 1.807) is 6.92 Å². The van der Waals surface area contributed by atoms with E-state index in [1.165, 1.54) is 128 Å². The molecule has 8 nitrogen and oxygen atoms in total. The van der Waals surface area contributed by atoms with Gasteiger partial charge in [-0.25, -0.2) is 0 Å². The van der Waals surface area contributed by atoms with Crippen molar-refractivity contribution in [1.29, 1.82) is 0 Å². The third-order valence-electron chi connectivity index (χ3n) is 8.12. The molecule has 0 aromatic carbocycles. The van der Waals surface area contributed by atoms with Crippen LogP contribution in [-0.4, -0.2) is 70.7 Å². The van der Waals surface area contributed by atoms with Gasteiger partial charge >= 0.3 is 5.97 Å². The summed E-state index contributed by atoms with van der Waals surface area (Å²) >= 11 is 0. The molecule has 0 bridgehead atoms. The van der Waals surface area contributed by atoms with Gasteiger partial charge in [-0.15, -0.1) is 0 Å². The Morgan fingerprint density at radius 1 is 0.652 bits per heavy atom. The van der Waals surface area contributed by atoms with Gasteiger partial charge in [-0.3, -0.25) is 9.36 Å². The molecule has 0 aromatic rings. The van der Waals surface area contributed by atoms with Crippen LogP contribution < -0.4 is 4.89 Å². The average molecular weight is 676 g/mol. The van der Waals surface area contributed by atoms with E-state index in [9.17, 15) is 14.3 Å². The number of esters is 1. The molecule has 0 aromatic heterocycles. The lowest BCUT2D eigenvalue weighted by Crippen LogP contribution is -2.37. The number of carbonyl (C=O) groups excluding carboxylic acids is 1. The van der Waals surface area contributed by atoms with Gasteiger partial charge in [0.25, 0.3) is 7.82 Å². The fraction of sp³-hybridized carbons (Fsp3) is 0.919. The second-order valence-corrected chi connectivity index (χ2v) is 15.3. The number of rotatable bonds is 35. The van der Waals surface area contributed by atoms with Gasteiger partial charge in [-0.2, -0.15) is 0 Å². The molecule has 0 fully saturated rings. The highest BCUT2D eigenvalue weighted by atomic mass is 31.2. The number of hydrogen-bond donors (Lipinski definition) is 0. The quantitative estimate of drug-likeness (QED) is 0.0217. The van der Waals surface area contributed by atoms with Crippen molar-refractivity contribution in [2.45, 2.75) is 168 Å². The lowest BCUT2D eigenvalue weighted by atomic mass is 10.0. The summed E-state index contributed by atoms with van der Waals surface area (Å²) in [5, 5.41) is 0. The van der Waals surface area contributed by atoms with Crippen molar-refractivity contribution in [2.75, 3.05) is 54.1 Å². The molecular weight excluding hydrogens is 601 g/mol. The van der Waals surface area contributed by atoms with Crippen LogP contribution in [0.2, 0.25) is 0 Å². The fourth-order valence-corrected chi connectivity index (χ4v) is 5.83. The Morgan fingerprint density at radius 3 is 1.57 bits per heavy atom. The number of allylic oxidation sites excluding steroid dienone is 2. The molecular formula is C37H74NO7P. The molecule has 2 atom stereocenters. The van der Waals surface area contributed by atoms with E-state index in [4.69, 9.17) is 18.5 Å². The van der Waals surface area contributed by atoms with Crippen molar-refractivity contribution in [3.05, 3.63) is 12.2 Å². The maximum absolute atomic E-state index is 12.1. The van der Waals surface area contributed by atoms with Gasteiger partial charge in [0, 0.05) is 13.0 Å². The minimum atomic E-state index is -4.48. The van der Waals surface area contributed by atoms with Gasteiger partial charge in [0.1, 0.15) is 19.3 Å². The van der Waals surface area contributed by atoms with Gasteiger partial charge < -0.3 is 27.9 Å². The average Bonchev–Trinajstić information content (AvgIpc) is 3.00. The molecule has 0 aliphatic carbocycles. The third kappa shape index (κ3) is 34.6. The normalized spacial score (nSPS) is 14.1. The lowest BCUT2D eigenvalue weighted by Gasteiger charge is -2.28. The van der Waals surface area contributed by atoms with Gasteiger partial charge in [-0.05, 0) is 32.1 Å². The molecule has 0 heterocycles. The highest BCUT2D eigenvalue weighted by Gasteiger charge is 2.19. The second-order valence-electron chi connectivity index (χ2n) is 13.9. The van der Waals surface area contributed by atoms with Crippen LogP contribution in [-0.2, 0) is 27.9 Å². The Hall–Kier alpha value is -0.760. The molecule has 46 heavy (non-hydrogen) atoms. The summed E-state index contributed by atoms with van der Waals surface area (Å²) in [5.41, 5.74) is 0. The Labute approximate surface area is 284 Å². The Morgan fingerprint density at radius 2 is 1.11 bits per heavy atom. The Balaban J connectivity index is 3.64. The number of nitrogens with zero attached hydrogens (tertiary/aromatic N) is 1. The maximum Gasteiger partial charge on any atom is 0.305 e. The molecule has 9 heteroatoms. The minimum absolute atomic E-state index is 0.0257. The SMILES string of the molecule is CCCCCCCCCC/C=C\CCCCCCCCCCCCCCOCC(COP(=O)([O-])OCC[N+](C)(C)C)OC(=O)CC. The second kappa shape index (κ2) is 31.5. The first-order valence-electron chi connectivity index (χ1n) is 18.9. The van der Waals surface area contributed by atoms with E-state index in [1.807, 2.05) is 21.1 Å². The van der Waals surface area contributed by atoms with Crippen molar-refractivity contribution in [2.24, 2.45) is 0 Å². The van der Waals surface area contributed by atoms with Crippen molar-refractivity contribution < 1.29 is 37.3 Å². The molecule has 0 radical (unpaired) electrons. The lowest BCUT2D eigenvalue weighted by molar-refractivity contribution is -0.870. The van der Waals surface area contributed by atoms with E-state index < -0.39 is 19.9 Å². The molecule has 0 spiro atoms. The molecule has 274 valence electrons. The van der Waals surface area contributed by atoms with Crippen LogP contribution in [0.1, 0.15) is 162 Å². The number of quaternary nitrogens is 1. The highest BCUT2D eigenvalue weighted by Crippen LogP contribution is 2.38. The van der Waals surface area contributed by atoms with E-state index in [2.05, 4.69) is 19.1 Å². The van der Waals surface area contributed by atoms with Crippen molar-refractivity contribution in [3.8, 4) is 0 Å². The molecule has 0 aliphatic rings. The molecule has 0 saturated heterocycles. The number of unbranched alkanes of at least 4 members (excludes halogenated alkanes) is 20. The number of carbonyl (C=O) groups is 1. The zero-order chi connectivity index (χ0) is 34.2. The number of hydrogen-bond acceptors (Lipinski definition) is 7. The third-order valence-corrected chi connectivity index (χ3v) is 9.09. The molecule has 0 rings (SSSR count).